The van der Waals surface area contributed by atoms with Crippen LogP contribution in [0.2, 0.25) is 0 Å². The first-order valence-corrected chi connectivity index (χ1v) is 6.71. The van der Waals surface area contributed by atoms with Crippen molar-refractivity contribution < 1.29 is 4.79 Å². The van der Waals surface area contributed by atoms with Crippen LogP contribution in [0, 0.1) is 19.8 Å². The Bertz CT molecular complexity index is 474. The number of amides is 1. The van der Waals surface area contributed by atoms with Gasteiger partial charge in [-0.1, -0.05) is 13.8 Å². The SMILES string of the molecule is Cc1nc(NN)c(C)c(NC(C)C(=O)NCC(C)C)n1. The summed E-state index contributed by atoms with van der Waals surface area (Å²) < 4.78 is 0. The number of nitrogens with one attached hydrogen (secondary N) is 3. The highest BCUT2D eigenvalue weighted by atomic mass is 16.2. The molecule has 1 rings (SSSR count). The molecule has 1 aromatic rings. The Morgan fingerprint density at radius 1 is 1.20 bits per heavy atom. The first-order valence-electron chi connectivity index (χ1n) is 6.71. The van der Waals surface area contributed by atoms with Crippen LogP contribution in [-0.4, -0.2) is 28.5 Å². The Morgan fingerprint density at radius 2 is 1.80 bits per heavy atom. The highest BCUT2D eigenvalue weighted by molar-refractivity contribution is 5.84. The van der Waals surface area contributed by atoms with E-state index in [-0.39, 0.29) is 11.9 Å². The molecule has 112 valence electrons. The predicted octanol–water partition coefficient (Wildman–Crippen LogP) is 0.952. The number of carbonyl (C=O) groups is 1. The Morgan fingerprint density at radius 3 is 2.35 bits per heavy atom. The predicted molar refractivity (Wildman–Crippen MR) is 80.2 cm³/mol. The molecule has 1 heterocycles. The van der Waals surface area contributed by atoms with Gasteiger partial charge in [0.1, 0.15) is 23.5 Å². The van der Waals surface area contributed by atoms with Gasteiger partial charge < -0.3 is 16.1 Å². The van der Waals surface area contributed by atoms with E-state index in [2.05, 4.69) is 39.9 Å². The fourth-order valence-corrected chi connectivity index (χ4v) is 1.64. The van der Waals surface area contributed by atoms with Gasteiger partial charge in [-0.15, -0.1) is 0 Å². The number of nitrogen functional groups attached to an aromatic ring is 1. The van der Waals surface area contributed by atoms with Gasteiger partial charge in [0.05, 0.1) is 0 Å². The number of nitrogens with zero attached hydrogens (tertiary/aromatic N) is 2. The molecule has 1 unspecified atom stereocenters. The fourth-order valence-electron chi connectivity index (χ4n) is 1.64. The third kappa shape index (κ3) is 4.34. The summed E-state index contributed by atoms with van der Waals surface area (Å²) in [5.41, 5.74) is 3.31. The molecule has 0 aromatic carbocycles. The monoisotopic (exact) mass is 280 g/mol. The van der Waals surface area contributed by atoms with E-state index in [1.165, 1.54) is 0 Å². The minimum absolute atomic E-state index is 0.0587. The minimum Gasteiger partial charge on any atom is -0.358 e. The number of hydrogen-bond acceptors (Lipinski definition) is 6. The van der Waals surface area contributed by atoms with Crippen molar-refractivity contribution in [2.45, 2.75) is 40.7 Å². The van der Waals surface area contributed by atoms with Crippen molar-refractivity contribution in [1.29, 1.82) is 0 Å². The highest BCUT2D eigenvalue weighted by Gasteiger charge is 2.16. The number of carbonyl (C=O) groups excluding carboxylic acids is 1. The summed E-state index contributed by atoms with van der Waals surface area (Å²) in [6, 6.07) is -0.382. The van der Waals surface area contributed by atoms with Crippen LogP contribution in [0.1, 0.15) is 32.2 Å². The second kappa shape index (κ2) is 7.04. The van der Waals surface area contributed by atoms with Crippen molar-refractivity contribution in [3.8, 4) is 0 Å². The van der Waals surface area contributed by atoms with Crippen LogP contribution in [0.15, 0.2) is 0 Å². The lowest BCUT2D eigenvalue weighted by Gasteiger charge is -2.18. The van der Waals surface area contributed by atoms with E-state index in [4.69, 9.17) is 5.84 Å². The van der Waals surface area contributed by atoms with Gasteiger partial charge in [-0.3, -0.25) is 4.79 Å². The standard InChI is InChI=1S/C13H24N6O/c1-7(2)6-15-13(20)9(4)16-11-8(3)12(19-14)18-10(5)17-11/h7,9H,6,14H2,1-5H3,(H,15,20)(H2,16,17,18,19). The molecule has 7 heteroatoms. The van der Waals surface area contributed by atoms with Crippen LogP contribution in [0.4, 0.5) is 11.6 Å². The average Bonchev–Trinajstić information content (AvgIpc) is 2.39. The maximum absolute atomic E-state index is 11.9. The molecule has 0 radical (unpaired) electrons. The fraction of sp³-hybridized carbons (Fsp3) is 0.615. The number of hydrogen-bond donors (Lipinski definition) is 4. The lowest BCUT2D eigenvalue weighted by atomic mass is 10.2. The van der Waals surface area contributed by atoms with Gasteiger partial charge in [0.2, 0.25) is 5.91 Å². The van der Waals surface area contributed by atoms with Crippen LogP contribution in [-0.2, 0) is 4.79 Å². The second-order valence-corrected chi connectivity index (χ2v) is 5.24. The van der Waals surface area contributed by atoms with Gasteiger partial charge in [0, 0.05) is 12.1 Å². The number of rotatable bonds is 6. The number of aryl methyl sites for hydroxylation is 1. The summed E-state index contributed by atoms with van der Waals surface area (Å²) in [5.74, 6) is 7.52. The number of anilines is 2. The van der Waals surface area contributed by atoms with E-state index < -0.39 is 0 Å². The quantitative estimate of drug-likeness (QED) is 0.457. The molecule has 1 atom stereocenters. The van der Waals surface area contributed by atoms with Crippen molar-refractivity contribution in [3.63, 3.8) is 0 Å². The number of nitrogens with two attached hydrogens (primary N) is 1. The molecule has 7 nitrogen and oxygen atoms in total. The lowest BCUT2D eigenvalue weighted by Crippen LogP contribution is -2.39. The lowest BCUT2D eigenvalue weighted by molar-refractivity contribution is -0.121. The third-order valence-corrected chi connectivity index (χ3v) is 2.83. The summed E-state index contributed by atoms with van der Waals surface area (Å²) >= 11 is 0. The maximum atomic E-state index is 11.9. The zero-order valence-corrected chi connectivity index (χ0v) is 12.7. The molecule has 0 fully saturated rings. The largest absolute Gasteiger partial charge is 0.358 e. The van der Waals surface area contributed by atoms with E-state index in [1.54, 1.807) is 13.8 Å². The van der Waals surface area contributed by atoms with Crippen molar-refractivity contribution in [2.24, 2.45) is 11.8 Å². The summed E-state index contributed by atoms with van der Waals surface area (Å²) in [4.78, 5) is 20.4. The van der Waals surface area contributed by atoms with Crippen molar-refractivity contribution in [3.05, 3.63) is 11.4 Å². The van der Waals surface area contributed by atoms with E-state index in [1.807, 2.05) is 6.92 Å². The molecule has 0 spiro atoms. The normalized spacial score (nSPS) is 12.2. The van der Waals surface area contributed by atoms with Crippen LogP contribution < -0.4 is 21.9 Å². The highest BCUT2D eigenvalue weighted by Crippen LogP contribution is 2.19. The molecule has 0 bridgehead atoms. The Balaban J connectivity index is 2.77. The van der Waals surface area contributed by atoms with E-state index in [0.717, 1.165) is 5.56 Å². The van der Waals surface area contributed by atoms with Gasteiger partial charge in [-0.25, -0.2) is 15.8 Å². The van der Waals surface area contributed by atoms with E-state index >= 15 is 0 Å². The summed E-state index contributed by atoms with van der Waals surface area (Å²) in [5, 5.41) is 5.97. The van der Waals surface area contributed by atoms with Gasteiger partial charge in [0.15, 0.2) is 0 Å². The average molecular weight is 280 g/mol. The van der Waals surface area contributed by atoms with Gasteiger partial charge in [-0.05, 0) is 26.7 Å². The molecular weight excluding hydrogens is 256 g/mol. The van der Waals surface area contributed by atoms with E-state index in [0.29, 0.717) is 29.9 Å². The number of aromatic nitrogens is 2. The molecule has 0 aliphatic rings. The smallest absolute Gasteiger partial charge is 0.242 e. The first kappa shape index (κ1) is 16.2. The second-order valence-electron chi connectivity index (χ2n) is 5.24. The molecule has 1 aromatic heterocycles. The topological polar surface area (TPSA) is 105 Å². The third-order valence-electron chi connectivity index (χ3n) is 2.83. The summed E-state index contributed by atoms with van der Waals surface area (Å²) in [7, 11) is 0. The molecule has 0 saturated heterocycles. The van der Waals surface area contributed by atoms with Crippen LogP contribution in [0.5, 0.6) is 0 Å². The molecule has 0 saturated carbocycles. The van der Waals surface area contributed by atoms with Crippen molar-refractivity contribution in [1.82, 2.24) is 15.3 Å². The van der Waals surface area contributed by atoms with E-state index in [9.17, 15) is 4.79 Å². The van der Waals surface area contributed by atoms with Gasteiger partial charge in [0.25, 0.3) is 0 Å². The van der Waals surface area contributed by atoms with Crippen LogP contribution in [0.3, 0.4) is 0 Å². The molecule has 0 aliphatic carbocycles. The molecule has 5 N–H and O–H groups in total. The van der Waals surface area contributed by atoms with Crippen molar-refractivity contribution in [2.75, 3.05) is 17.3 Å². The molecule has 0 aliphatic heterocycles. The molecular formula is C13H24N6O. The summed E-state index contributed by atoms with van der Waals surface area (Å²) in [6.07, 6.45) is 0. The maximum Gasteiger partial charge on any atom is 0.242 e. The Kier molecular flexibility index (Phi) is 5.69. The first-order chi connectivity index (χ1) is 9.35. The Labute approximate surface area is 119 Å². The molecule has 20 heavy (non-hydrogen) atoms. The minimum atomic E-state index is -0.382. The zero-order chi connectivity index (χ0) is 15.3. The van der Waals surface area contributed by atoms with Gasteiger partial charge in [-0.2, -0.15) is 0 Å². The van der Waals surface area contributed by atoms with Crippen molar-refractivity contribution >= 4 is 17.5 Å². The van der Waals surface area contributed by atoms with Gasteiger partial charge >= 0.3 is 0 Å². The zero-order valence-electron chi connectivity index (χ0n) is 12.7. The number of hydrazine groups is 1. The van der Waals surface area contributed by atoms with Crippen LogP contribution >= 0.6 is 0 Å². The van der Waals surface area contributed by atoms with Crippen LogP contribution in [0.25, 0.3) is 0 Å². The summed E-state index contributed by atoms with van der Waals surface area (Å²) in [6.45, 7) is 10.2. The Hall–Kier alpha value is -1.89. The molecule has 1 amide bonds.